The lowest BCUT2D eigenvalue weighted by atomic mass is 10.2. The van der Waals surface area contributed by atoms with Crippen LogP contribution in [0.5, 0.6) is 0 Å². The lowest BCUT2D eigenvalue weighted by Crippen LogP contribution is -2.21. The Kier molecular flexibility index (Phi) is 10.3. The van der Waals surface area contributed by atoms with Crippen molar-refractivity contribution in [2.75, 3.05) is 31.9 Å². The number of nitrogens with two attached hydrogens (primary N) is 1. The third-order valence-electron chi connectivity index (χ3n) is 5.90. The van der Waals surface area contributed by atoms with Crippen molar-refractivity contribution in [3.63, 3.8) is 0 Å². The summed E-state index contributed by atoms with van der Waals surface area (Å²) < 4.78 is 11.4. The van der Waals surface area contributed by atoms with Crippen molar-refractivity contribution in [3.05, 3.63) is 70.2 Å². The van der Waals surface area contributed by atoms with Crippen molar-refractivity contribution < 1.29 is 13.8 Å². The number of nitrogens with zero attached hydrogens (tertiary/aromatic N) is 3. The molecule has 0 spiro atoms. The van der Waals surface area contributed by atoms with Gasteiger partial charge in [-0.2, -0.15) is 0 Å². The van der Waals surface area contributed by atoms with Crippen LogP contribution in [0.4, 0.5) is 11.4 Å². The molecule has 35 heavy (non-hydrogen) atoms. The number of nitro groups is 1. The van der Waals surface area contributed by atoms with Gasteiger partial charge in [-0.3, -0.25) is 19.9 Å². The van der Waals surface area contributed by atoms with E-state index in [0.29, 0.717) is 5.58 Å². The van der Waals surface area contributed by atoms with Gasteiger partial charge in [0.1, 0.15) is 22.7 Å². The largest absolute Gasteiger partial charge is 0.460 e. The highest BCUT2D eigenvalue weighted by atomic mass is 16.6. The SMILES string of the molecule is C.CCN(CC)Cc1cc2cc(N)ccc2o1.CCN(CC)Cc1cc2cc([N+](=O)[O-])ccc2o1. The lowest BCUT2D eigenvalue weighted by Gasteiger charge is -2.15. The molecule has 2 N–H and O–H groups in total. The van der Waals surface area contributed by atoms with Crippen LogP contribution in [0.15, 0.2) is 57.4 Å². The number of anilines is 1. The highest BCUT2D eigenvalue weighted by Crippen LogP contribution is 2.25. The molecule has 8 heteroatoms. The van der Waals surface area contributed by atoms with E-state index < -0.39 is 4.92 Å². The Balaban J connectivity index is 0.000000241. The molecule has 0 saturated heterocycles. The number of benzene rings is 2. The van der Waals surface area contributed by atoms with Crippen molar-refractivity contribution in [1.29, 1.82) is 0 Å². The van der Waals surface area contributed by atoms with E-state index in [1.165, 1.54) is 6.07 Å². The molecule has 4 rings (SSSR count). The van der Waals surface area contributed by atoms with Crippen LogP contribution in [-0.4, -0.2) is 40.9 Å². The maximum atomic E-state index is 10.7. The molecule has 8 nitrogen and oxygen atoms in total. The van der Waals surface area contributed by atoms with Crippen LogP contribution in [0.25, 0.3) is 21.9 Å². The van der Waals surface area contributed by atoms with Gasteiger partial charge in [0.05, 0.1) is 18.0 Å². The van der Waals surface area contributed by atoms with Crippen LogP contribution < -0.4 is 5.73 Å². The number of rotatable bonds is 9. The van der Waals surface area contributed by atoms with Crippen molar-refractivity contribution in [2.45, 2.75) is 48.2 Å². The number of hydrogen-bond acceptors (Lipinski definition) is 7. The first kappa shape index (κ1) is 27.9. The second kappa shape index (κ2) is 12.9. The summed E-state index contributed by atoms with van der Waals surface area (Å²) in [6.07, 6.45) is 0. The molecule has 2 heterocycles. The van der Waals surface area contributed by atoms with E-state index >= 15 is 0 Å². The Labute approximate surface area is 207 Å². The number of nitrogen functional groups attached to an aromatic ring is 1. The number of furan rings is 2. The lowest BCUT2D eigenvalue weighted by molar-refractivity contribution is -0.384. The smallest absolute Gasteiger partial charge is 0.270 e. The number of hydrogen-bond donors (Lipinski definition) is 1. The van der Waals surface area contributed by atoms with E-state index in [0.717, 1.165) is 72.8 Å². The Morgan fingerprint density at radius 3 is 1.69 bits per heavy atom. The molecule has 0 unspecified atom stereocenters. The zero-order valence-electron chi connectivity index (χ0n) is 20.4. The molecular formula is C27H38N4O4. The molecule has 0 aliphatic rings. The van der Waals surface area contributed by atoms with Crippen molar-refractivity contribution >= 4 is 33.3 Å². The van der Waals surface area contributed by atoms with Gasteiger partial charge in [0, 0.05) is 28.6 Å². The van der Waals surface area contributed by atoms with Gasteiger partial charge in [-0.15, -0.1) is 0 Å². The maximum absolute atomic E-state index is 10.7. The van der Waals surface area contributed by atoms with E-state index in [2.05, 4.69) is 43.6 Å². The quantitative estimate of drug-likeness (QED) is 0.161. The second-order valence-corrected chi connectivity index (χ2v) is 8.12. The molecule has 0 radical (unpaired) electrons. The molecule has 0 aliphatic heterocycles. The van der Waals surface area contributed by atoms with Gasteiger partial charge < -0.3 is 14.6 Å². The summed E-state index contributed by atoms with van der Waals surface area (Å²) in [7, 11) is 0. The first-order valence-corrected chi connectivity index (χ1v) is 11.8. The fourth-order valence-electron chi connectivity index (χ4n) is 3.81. The second-order valence-electron chi connectivity index (χ2n) is 8.12. The Morgan fingerprint density at radius 1 is 0.771 bits per heavy atom. The molecule has 0 aliphatic carbocycles. The maximum Gasteiger partial charge on any atom is 0.270 e. The molecule has 4 aromatic rings. The van der Waals surface area contributed by atoms with Gasteiger partial charge in [0.2, 0.25) is 0 Å². The predicted octanol–water partition coefficient (Wildman–Crippen LogP) is 6.68. The molecule has 2 aromatic heterocycles. The van der Waals surface area contributed by atoms with Crippen molar-refractivity contribution in [2.24, 2.45) is 0 Å². The van der Waals surface area contributed by atoms with Gasteiger partial charge in [0.15, 0.2) is 0 Å². The minimum absolute atomic E-state index is 0. The molecule has 0 bridgehead atoms. The van der Waals surface area contributed by atoms with E-state index in [4.69, 9.17) is 14.6 Å². The fourth-order valence-corrected chi connectivity index (χ4v) is 3.81. The third kappa shape index (κ3) is 7.31. The monoisotopic (exact) mass is 482 g/mol. The minimum atomic E-state index is -0.392. The standard InChI is InChI=1S/C13H16N2O3.C13H18N2O.CH4/c1-3-14(4-2)9-12-8-10-7-11(15(16)17)5-6-13(10)18-12;1-3-15(4-2)9-12-8-10-7-11(14)5-6-13(10)16-12;/h5-8H,3-4,9H2,1-2H3;5-8H,3-4,9,14H2,1-2H3;1H4. The van der Waals surface area contributed by atoms with Crippen molar-refractivity contribution in [3.8, 4) is 0 Å². The molecule has 0 fully saturated rings. The zero-order valence-corrected chi connectivity index (χ0v) is 20.4. The first-order chi connectivity index (χ1) is 16.4. The van der Waals surface area contributed by atoms with Gasteiger partial charge >= 0.3 is 0 Å². The summed E-state index contributed by atoms with van der Waals surface area (Å²) in [6, 6.07) is 14.4. The summed E-state index contributed by atoms with van der Waals surface area (Å²) in [4.78, 5) is 14.8. The Morgan fingerprint density at radius 2 is 1.23 bits per heavy atom. The number of fused-ring (bicyclic) bond motifs is 2. The van der Waals surface area contributed by atoms with Gasteiger partial charge in [-0.25, -0.2) is 0 Å². The molecule has 0 atom stereocenters. The molecule has 190 valence electrons. The van der Waals surface area contributed by atoms with Crippen molar-refractivity contribution in [1.82, 2.24) is 9.80 Å². The van der Waals surface area contributed by atoms with Gasteiger partial charge in [0.25, 0.3) is 5.69 Å². The topological polar surface area (TPSA) is 102 Å². The van der Waals surface area contributed by atoms with Crippen LogP contribution in [0.3, 0.4) is 0 Å². The Bertz CT molecular complexity index is 1220. The summed E-state index contributed by atoms with van der Waals surface area (Å²) >= 11 is 0. The van der Waals surface area contributed by atoms with Crippen LogP contribution in [0.2, 0.25) is 0 Å². The van der Waals surface area contributed by atoms with Crippen LogP contribution in [0, 0.1) is 10.1 Å². The fraction of sp³-hybridized carbons (Fsp3) is 0.407. The molecule has 0 amide bonds. The van der Waals surface area contributed by atoms with Gasteiger partial charge in [-0.05, 0) is 62.6 Å². The predicted molar refractivity (Wildman–Crippen MR) is 143 cm³/mol. The van der Waals surface area contributed by atoms with Crippen LogP contribution >= 0.6 is 0 Å². The average molecular weight is 483 g/mol. The van der Waals surface area contributed by atoms with E-state index in [9.17, 15) is 10.1 Å². The highest BCUT2D eigenvalue weighted by molar-refractivity contribution is 5.81. The summed E-state index contributed by atoms with van der Waals surface area (Å²) in [6.45, 7) is 14.1. The Hall–Kier alpha value is -3.36. The first-order valence-electron chi connectivity index (χ1n) is 11.8. The van der Waals surface area contributed by atoms with E-state index in [-0.39, 0.29) is 13.1 Å². The van der Waals surface area contributed by atoms with Gasteiger partial charge in [-0.1, -0.05) is 35.1 Å². The number of non-ortho nitro benzene ring substituents is 1. The molecular weight excluding hydrogens is 444 g/mol. The summed E-state index contributed by atoms with van der Waals surface area (Å²) in [5, 5.41) is 12.6. The molecule has 2 aromatic carbocycles. The van der Waals surface area contributed by atoms with E-state index in [1.807, 2.05) is 24.3 Å². The van der Waals surface area contributed by atoms with Crippen LogP contribution in [-0.2, 0) is 13.1 Å². The molecule has 0 saturated carbocycles. The number of nitro benzene ring substituents is 1. The summed E-state index contributed by atoms with van der Waals surface area (Å²) in [5.41, 5.74) is 8.22. The third-order valence-corrected chi connectivity index (χ3v) is 5.90. The average Bonchev–Trinajstić information content (AvgIpc) is 3.43. The zero-order chi connectivity index (χ0) is 24.7. The minimum Gasteiger partial charge on any atom is -0.460 e. The van der Waals surface area contributed by atoms with Crippen LogP contribution in [0.1, 0.15) is 46.6 Å². The van der Waals surface area contributed by atoms with E-state index in [1.54, 1.807) is 12.1 Å². The summed E-state index contributed by atoms with van der Waals surface area (Å²) in [5.74, 6) is 1.85. The highest BCUT2D eigenvalue weighted by Gasteiger charge is 2.11. The normalized spacial score (nSPS) is 11.0.